The maximum atomic E-state index is 12.4. The zero-order chi connectivity index (χ0) is 13.8. The van der Waals surface area contributed by atoms with Gasteiger partial charge in [0.25, 0.3) is 5.91 Å². The van der Waals surface area contributed by atoms with Crippen LogP contribution in [0.25, 0.3) is 0 Å². The van der Waals surface area contributed by atoms with E-state index in [1.54, 1.807) is 0 Å². The Bertz CT molecular complexity index is 432. The molecule has 1 aromatic carbocycles. The number of piperidine rings is 2. The fourth-order valence-corrected chi connectivity index (χ4v) is 3.65. The predicted molar refractivity (Wildman–Crippen MR) is 80.7 cm³/mol. The molecule has 2 heterocycles. The lowest BCUT2D eigenvalue weighted by Gasteiger charge is -2.37. The van der Waals surface area contributed by atoms with Crippen molar-refractivity contribution in [1.82, 2.24) is 10.2 Å². The van der Waals surface area contributed by atoms with E-state index >= 15 is 0 Å². The lowest BCUT2D eigenvalue weighted by Crippen LogP contribution is -2.42. The van der Waals surface area contributed by atoms with Crippen LogP contribution in [0.4, 0.5) is 0 Å². The molecule has 3 heteroatoms. The van der Waals surface area contributed by atoms with Crippen LogP contribution in [0.3, 0.4) is 0 Å². The maximum absolute atomic E-state index is 12.4. The van der Waals surface area contributed by atoms with Crippen LogP contribution in [0.2, 0.25) is 0 Å². The second-order valence-electron chi connectivity index (χ2n) is 6.08. The van der Waals surface area contributed by atoms with Gasteiger partial charge in [-0.15, -0.1) is 0 Å². The number of nitrogens with one attached hydrogen (secondary N) is 1. The average molecular weight is 272 g/mol. The van der Waals surface area contributed by atoms with Crippen molar-refractivity contribution < 1.29 is 4.79 Å². The normalized spacial score (nSPS) is 21.9. The molecule has 1 aromatic rings. The molecule has 108 valence electrons. The first-order valence-corrected chi connectivity index (χ1v) is 7.89. The van der Waals surface area contributed by atoms with Crippen LogP contribution in [0.1, 0.15) is 36.0 Å². The second kappa shape index (κ2) is 6.40. The molecule has 3 rings (SSSR count). The van der Waals surface area contributed by atoms with Crippen LogP contribution >= 0.6 is 0 Å². The molecule has 2 fully saturated rings. The van der Waals surface area contributed by atoms with Crippen molar-refractivity contribution in [2.45, 2.75) is 25.7 Å². The Morgan fingerprint density at radius 2 is 1.55 bits per heavy atom. The number of hydrogen-bond donors (Lipinski definition) is 1. The molecule has 2 aliphatic heterocycles. The highest BCUT2D eigenvalue weighted by molar-refractivity contribution is 5.94. The summed E-state index contributed by atoms with van der Waals surface area (Å²) in [5.74, 6) is 1.91. The van der Waals surface area contributed by atoms with Gasteiger partial charge in [0.1, 0.15) is 0 Å². The molecule has 0 spiro atoms. The van der Waals surface area contributed by atoms with Gasteiger partial charge in [0.05, 0.1) is 0 Å². The highest BCUT2D eigenvalue weighted by Crippen LogP contribution is 2.31. The summed E-state index contributed by atoms with van der Waals surface area (Å²) in [6.07, 6.45) is 5.00. The minimum atomic E-state index is 0.203. The van der Waals surface area contributed by atoms with E-state index in [0.29, 0.717) is 0 Å². The molecule has 0 unspecified atom stereocenters. The van der Waals surface area contributed by atoms with Crippen molar-refractivity contribution in [3.63, 3.8) is 0 Å². The summed E-state index contributed by atoms with van der Waals surface area (Å²) in [6.45, 7) is 4.21. The Morgan fingerprint density at radius 3 is 2.20 bits per heavy atom. The van der Waals surface area contributed by atoms with Gasteiger partial charge < -0.3 is 10.2 Å². The summed E-state index contributed by atoms with van der Waals surface area (Å²) in [5.41, 5.74) is 0.827. The van der Waals surface area contributed by atoms with Gasteiger partial charge in [0, 0.05) is 18.7 Å². The first-order chi connectivity index (χ1) is 9.84. The van der Waals surface area contributed by atoms with Crippen LogP contribution in [0, 0.1) is 11.8 Å². The van der Waals surface area contributed by atoms with Crippen molar-refractivity contribution in [2.24, 2.45) is 11.8 Å². The van der Waals surface area contributed by atoms with Crippen LogP contribution in [-0.2, 0) is 0 Å². The van der Waals surface area contributed by atoms with Crippen LogP contribution in [-0.4, -0.2) is 37.0 Å². The minimum absolute atomic E-state index is 0.203. The van der Waals surface area contributed by atoms with E-state index < -0.39 is 0 Å². The third-order valence-corrected chi connectivity index (χ3v) is 4.90. The Balaban J connectivity index is 1.54. The molecule has 20 heavy (non-hydrogen) atoms. The second-order valence-corrected chi connectivity index (χ2v) is 6.08. The highest BCUT2D eigenvalue weighted by Gasteiger charge is 2.29. The molecule has 0 radical (unpaired) electrons. The molecule has 0 saturated carbocycles. The highest BCUT2D eigenvalue weighted by atomic mass is 16.2. The number of benzene rings is 1. The van der Waals surface area contributed by atoms with E-state index in [4.69, 9.17) is 0 Å². The molecule has 0 atom stereocenters. The summed E-state index contributed by atoms with van der Waals surface area (Å²) in [7, 11) is 0. The molecule has 1 amide bonds. The van der Waals surface area contributed by atoms with Gasteiger partial charge in [-0.1, -0.05) is 18.2 Å². The molecule has 3 nitrogen and oxygen atoms in total. The van der Waals surface area contributed by atoms with Gasteiger partial charge in [0.15, 0.2) is 0 Å². The molecule has 0 aromatic heterocycles. The lowest BCUT2D eigenvalue weighted by molar-refractivity contribution is 0.0642. The zero-order valence-corrected chi connectivity index (χ0v) is 12.1. The van der Waals surface area contributed by atoms with E-state index in [1.165, 1.54) is 38.8 Å². The summed E-state index contributed by atoms with van der Waals surface area (Å²) in [4.78, 5) is 14.4. The van der Waals surface area contributed by atoms with Crippen molar-refractivity contribution in [1.29, 1.82) is 0 Å². The fraction of sp³-hybridized carbons (Fsp3) is 0.588. The number of amides is 1. The van der Waals surface area contributed by atoms with E-state index in [9.17, 15) is 4.79 Å². The third kappa shape index (κ3) is 3.04. The van der Waals surface area contributed by atoms with E-state index in [-0.39, 0.29) is 5.91 Å². The molecule has 2 saturated heterocycles. The van der Waals surface area contributed by atoms with Gasteiger partial charge in [0.2, 0.25) is 0 Å². The Labute approximate surface area is 121 Å². The minimum Gasteiger partial charge on any atom is -0.339 e. The van der Waals surface area contributed by atoms with Crippen molar-refractivity contribution >= 4 is 5.91 Å². The van der Waals surface area contributed by atoms with Gasteiger partial charge >= 0.3 is 0 Å². The summed E-state index contributed by atoms with van der Waals surface area (Å²) in [5, 5.41) is 3.44. The number of nitrogens with zero attached hydrogens (tertiary/aromatic N) is 1. The summed E-state index contributed by atoms with van der Waals surface area (Å²) >= 11 is 0. The molecule has 0 bridgehead atoms. The molecular weight excluding hydrogens is 248 g/mol. The average Bonchev–Trinajstić information content (AvgIpc) is 2.56. The third-order valence-electron chi connectivity index (χ3n) is 4.90. The predicted octanol–water partition coefficient (Wildman–Crippen LogP) is 2.54. The summed E-state index contributed by atoms with van der Waals surface area (Å²) in [6, 6.07) is 9.67. The standard InChI is InChI=1S/C17H24N2O/c20-17(16-4-2-1-3-5-16)19-12-8-15(9-13-19)14-6-10-18-11-7-14/h1-5,14-15,18H,6-13H2. The van der Waals surface area contributed by atoms with E-state index in [2.05, 4.69) is 5.32 Å². The Hall–Kier alpha value is -1.35. The topological polar surface area (TPSA) is 32.3 Å². The first kappa shape index (κ1) is 13.6. The van der Waals surface area contributed by atoms with E-state index in [0.717, 1.165) is 30.5 Å². The number of likely N-dealkylation sites (tertiary alicyclic amines) is 1. The number of carbonyl (C=O) groups excluding carboxylic acids is 1. The molecule has 2 aliphatic rings. The van der Waals surface area contributed by atoms with Crippen LogP contribution in [0.15, 0.2) is 30.3 Å². The Kier molecular flexibility index (Phi) is 4.36. The van der Waals surface area contributed by atoms with Crippen molar-refractivity contribution in [3.8, 4) is 0 Å². The lowest BCUT2D eigenvalue weighted by atomic mass is 9.79. The molecular formula is C17H24N2O. The van der Waals surface area contributed by atoms with Crippen LogP contribution < -0.4 is 5.32 Å². The smallest absolute Gasteiger partial charge is 0.253 e. The van der Waals surface area contributed by atoms with Crippen molar-refractivity contribution in [3.05, 3.63) is 35.9 Å². The molecule has 0 aliphatic carbocycles. The largest absolute Gasteiger partial charge is 0.339 e. The molecule has 1 N–H and O–H groups in total. The summed E-state index contributed by atoms with van der Waals surface area (Å²) < 4.78 is 0. The van der Waals surface area contributed by atoms with Gasteiger partial charge in [-0.05, 0) is 62.7 Å². The van der Waals surface area contributed by atoms with E-state index in [1.807, 2.05) is 35.2 Å². The SMILES string of the molecule is O=C(c1ccccc1)N1CCC(C2CCNCC2)CC1. The van der Waals surface area contributed by atoms with Gasteiger partial charge in [-0.3, -0.25) is 4.79 Å². The zero-order valence-electron chi connectivity index (χ0n) is 12.1. The van der Waals surface area contributed by atoms with Gasteiger partial charge in [-0.25, -0.2) is 0 Å². The monoisotopic (exact) mass is 272 g/mol. The number of rotatable bonds is 2. The van der Waals surface area contributed by atoms with Crippen molar-refractivity contribution in [2.75, 3.05) is 26.2 Å². The maximum Gasteiger partial charge on any atom is 0.253 e. The number of hydrogen-bond acceptors (Lipinski definition) is 2. The fourth-order valence-electron chi connectivity index (χ4n) is 3.65. The first-order valence-electron chi connectivity index (χ1n) is 7.89. The van der Waals surface area contributed by atoms with Crippen LogP contribution in [0.5, 0.6) is 0 Å². The number of carbonyl (C=O) groups is 1. The van der Waals surface area contributed by atoms with Gasteiger partial charge in [-0.2, -0.15) is 0 Å². The Morgan fingerprint density at radius 1 is 0.950 bits per heavy atom. The quantitative estimate of drug-likeness (QED) is 0.897.